The number of thiophene rings is 1. The van der Waals surface area contributed by atoms with Crippen molar-refractivity contribution < 1.29 is 27.9 Å². The van der Waals surface area contributed by atoms with Crippen molar-refractivity contribution in [3.8, 4) is 10.4 Å². The number of carbonyl (C=O) groups is 3. The summed E-state index contributed by atoms with van der Waals surface area (Å²) in [4.78, 5) is 47.8. The summed E-state index contributed by atoms with van der Waals surface area (Å²) in [5.74, 6) is -1.36. The van der Waals surface area contributed by atoms with Crippen LogP contribution < -0.4 is 4.90 Å². The molecule has 1 N–H and O–H groups in total. The standard InChI is InChI=1S/C39H34N4O6S2/c1-39(2,3)32-22-33(28-18-20-40-34-29(28)19-21-43(34)51(48,49)27-14-8-5-9-15-27)50-37(32)42(38(46)47)24-26(25-12-6-4-7-13-25)23-41-35(44)30-16-10-11-17-31(30)36(41)45/h4-22,26H,23-24H2,1-3H3,(H,46,47). The van der Waals surface area contributed by atoms with Gasteiger partial charge in [-0.1, -0.05) is 81.4 Å². The highest BCUT2D eigenvalue weighted by Crippen LogP contribution is 2.45. The Kier molecular flexibility index (Phi) is 8.60. The topological polar surface area (TPSA) is 130 Å². The first-order valence-electron chi connectivity index (χ1n) is 16.3. The van der Waals surface area contributed by atoms with E-state index in [1.54, 1.807) is 60.8 Å². The molecule has 0 aliphatic carbocycles. The van der Waals surface area contributed by atoms with Crippen LogP contribution in [0.1, 0.15) is 58.5 Å². The Morgan fingerprint density at radius 1 is 0.863 bits per heavy atom. The number of hydrogen-bond donors (Lipinski definition) is 1. The molecule has 4 heterocycles. The van der Waals surface area contributed by atoms with Crippen LogP contribution in [-0.4, -0.2) is 58.4 Å². The van der Waals surface area contributed by atoms with Crippen LogP contribution in [0.15, 0.2) is 120 Å². The van der Waals surface area contributed by atoms with Crippen LogP contribution >= 0.6 is 11.3 Å². The molecule has 6 aromatic rings. The van der Waals surface area contributed by atoms with E-state index in [1.807, 2.05) is 57.2 Å². The molecule has 1 aliphatic rings. The van der Waals surface area contributed by atoms with E-state index in [1.165, 1.54) is 39.5 Å². The molecule has 3 amide bonds. The van der Waals surface area contributed by atoms with Crippen molar-refractivity contribution in [3.63, 3.8) is 0 Å². The summed E-state index contributed by atoms with van der Waals surface area (Å²) in [6.07, 6.45) is 1.85. The van der Waals surface area contributed by atoms with Crippen molar-refractivity contribution >= 4 is 55.3 Å². The van der Waals surface area contributed by atoms with Crippen LogP contribution in [0.3, 0.4) is 0 Å². The molecular weight excluding hydrogens is 685 g/mol. The zero-order valence-electron chi connectivity index (χ0n) is 28.1. The van der Waals surface area contributed by atoms with Gasteiger partial charge in [-0.25, -0.2) is 22.2 Å². The second-order valence-electron chi connectivity index (χ2n) is 13.4. The number of aromatic nitrogens is 2. The van der Waals surface area contributed by atoms with Gasteiger partial charge in [-0.15, -0.1) is 11.3 Å². The smallest absolute Gasteiger partial charge is 0.412 e. The van der Waals surface area contributed by atoms with E-state index < -0.39 is 39.3 Å². The van der Waals surface area contributed by atoms with Crippen LogP contribution in [0.2, 0.25) is 0 Å². The average Bonchev–Trinajstić information content (AvgIpc) is 3.83. The van der Waals surface area contributed by atoms with Gasteiger partial charge >= 0.3 is 6.09 Å². The molecule has 12 heteroatoms. The lowest BCUT2D eigenvalue weighted by atomic mass is 9.87. The quantitative estimate of drug-likeness (QED) is 0.151. The number of carbonyl (C=O) groups excluding carboxylic acids is 2. The molecule has 51 heavy (non-hydrogen) atoms. The van der Waals surface area contributed by atoms with Gasteiger partial charge in [0.2, 0.25) is 0 Å². The molecule has 0 saturated carbocycles. The maximum atomic E-state index is 13.6. The summed E-state index contributed by atoms with van der Waals surface area (Å²) < 4.78 is 28.3. The van der Waals surface area contributed by atoms with Crippen molar-refractivity contribution in [1.82, 2.24) is 13.9 Å². The van der Waals surface area contributed by atoms with Crippen molar-refractivity contribution in [1.29, 1.82) is 0 Å². The number of rotatable bonds is 9. The van der Waals surface area contributed by atoms with Gasteiger partial charge in [0.1, 0.15) is 5.00 Å². The van der Waals surface area contributed by atoms with Crippen LogP contribution in [0, 0.1) is 0 Å². The minimum Gasteiger partial charge on any atom is -0.465 e. The molecule has 0 spiro atoms. The summed E-state index contributed by atoms with van der Waals surface area (Å²) in [7, 11) is -3.93. The maximum absolute atomic E-state index is 13.6. The second kappa shape index (κ2) is 12.9. The lowest BCUT2D eigenvalue weighted by Crippen LogP contribution is -2.40. The van der Waals surface area contributed by atoms with Gasteiger partial charge < -0.3 is 5.11 Å². The van der Waals surface area contributed by atoms with E-state index in [2.05, 4.69) is 4.98 Å². The van der Waals surface area contributed by atoms with Gasteiger partial charge in [0.05, 0.1) is 16.0 Å². The van der Waals surface area contributed by atoms with E-state index in [-0.39, 0.29) is 23.6 Å². The Morgan fingerprint density at radius 2 is 1.47 bits per heavy atom. The molecule has 10 nitrogen and oxygen atoms in total. The number of amides is 3. The third-order valence-electron chi connectivity index (χ3n) is 9.07. The molecule has 1 unspecified atom stereocenters. The second-order valence-corrected chi connectivity index (χ2v) is 16.2. The Hall–Kier alpha value is -5.59. The number of hydrogen-bond acceptors (Lipinski definition) is 7. The predicted octanol–water partition coefficient (Wildman–Crippen LogP) is 7.86. The Bertz CT molecular complexity index is 2380. The normalized spacial score (nSPS) is 13.8. The lowest BCUT2D eigenvalue weighted by molar-refractivity contribution is 0.0645. The largest absolute Gasteiger partial charge is 0.465 e. The molecule has 1 aliphatic heterocycles. The van der Waals surface area contributed by atoms with Gasteiger partial charge in [0, 0.05) is 47.2 Å². The van der Waals surface area contributed by atoms with E-state index in [0.717, 1.165) is 20.0 Å². The molecular formula is C39H34N4O6S2. The molecule has 3 aromatic carbocycles. The number of carboxylic acid groups (broad SMARTS) is 1. The molecule has 258 valence electrons. The minimum absolute atomic E-state index is 0.0163. The first kappa shape index (κ1) is 33.9. The fourth-order valence-electron chi connectivity index (χ4n) is 6.47. The number of nitrogens with zero attached hydrogens (tertiary/aromatic N) is 4. The SMILES string of the molecule is CC(C)(C)c1cc(-c2ccnc3c2ccn3S(=O)(=O)c2ccccc2)sc1N(CC(CN1C(=O)c2ccccc2C1=O)c1ccccc1)C(=O)O. The highest BCUT2D eigenvalue weighted by molar-refractivity contribution is 7.90. The van der Waals surface area contributed by atoms with Crippen molar-refractivity contribution in [2.75, 3.05) is 18.0 Å². The summed E-state index contributed by atoms with van der Waals surface area (Å²) in [5, 5.41) is 11.9. The van der Waals surface area contributed by atoms with Crippen LogP contribution in [0.5, 0.6) is 0 Å². The first-order chi connectivity index (χ1) is 24.4. The molecule has 0 radical (unpaired) electrons. The molecule has 7 rings (SSSR count). The van der Waals surface area contributed by atoms with Crippen molar-refractivity contribution in [2.45, 2.75) is 37.0 Å². The average molecular weight is 719 g/mol. The van der Waals surface area contributed by atoms with E-state index in [4.69, 9.17) is 0 Å². The summed E-state index contributed by atoms with van der Waals surface area (Å²) in [6.45, 7) is 5.95. The first-order valence-corrected chi connectivity index (χ1v) is 18.5. The van der Waals surface area contributed by atoms with E-state index >= 15 is 0 Å². The summed E-state index contributed by atoms with van der Waals surface area (Å²) in [5.41, 5.74) is 2.69. The number of fused-ring (bicyclic) bond motifs is 2. The van der Waals surface area contributed by atoms with Crippen LogP contribution in [0.4, 0.5) is 9.80 Å². The molecule has 0 saturated heterocycles. The predicted molar refractivity (Wildman–Crippen MR) is 197 cm³/mol. The summed E-state index contributed by atoms with van der Waals surface area (Å²) >= 11 is 1.29. The number of benzene rings is 3. The Morgan fingerprint density at radius 3 is 2.08 bits per heavy atom. The van der Waals surface area contributed by atoms with Crippen molar-refractivity contribution in [2.24, 2.45) is 0 Å². The highest BCUT2D eigenvalue weighted by Gasteiger charge is 2.38. The Labute approximate surface area is 299 Å². The number of pyridine rings is 1. The Balaban J connectivity index is 1.29. The van der Waals surface area contributed by atoms with Gasteiger partial charge in [0.25, 0.3) is 21.8 Å². The van der Waals surface area contributed by atoms with E-state index in [0.29, 0.717) is 27.1 Å². The minimum atomic E-state index is -3.93. The molecule has 0 fully saturated rings. The maximum Gasteiger partial charge on any atom is 0.412 e. The highest BCUT2D eigenvalue weighted by atomic mass is 32.2. The zero-order chi connectivity index (χ0) is 36.1. The van der Waals surface area contributed by atoms with E-state index in [9.17, 15) is 27.9 Å². The third-order valence-corrected chi connectivity index (χ3v) is 11.9. The van der Waals surface area contributed by atoms with Gasteiger partial charge in [0.15, 0.2) is 5.65 Å². The molecule has 1 atom stereocenters. The molecule has 3 aromatic heterocycles. The van der Waals surface area contributed by atoms with Crippen LogP contribution in [0.25, 0.3) is 21.5 Å². The summed E-state index contributed by atoms with van der Waals surface area (Å²) in [6, 6.07) is 29.6. The number of anilines is 1. The third kappa shape index (κ3) is 6.10. The zero-order valence-corrected chi connectivity index (χ0v) is 29.7. The van der Waals surface area contributed by atoms with Crippen molar-refractivity contribution in [3.05, 3.63) is 138 Å². The lowest BCUT2D eigenvalue weighted by Gasteiger charge is -2.30. The van der Waals surface area contributed by atoms with Gasteiger partial charge in [-0.2, -0.15) is 0 Å². The van der Waals surface area contributed by atoms with Gasteiger partial charge in [-0.05, 0) is 59.0 Å². The van der Waals surface area contributed by atoms with Gasteiger partial charge in [-0.3, -0.25) is 19.4 Å². The fraction of sp³-hybridized carbons (Fsp3) is 0.179. The molecule has 0 bridgehead atoms. The number of imide groups is 1. The monoisotopic (exact) mass is 718 g/mol. The van der Waals surface area contributed by atoms with Crippen LogP contribution in [-0.2, 0) is 15.4 Å². The fourth-order valence-corrected chi connectivity index (χ4v) is 9.20.